The summed E-state index contributed by atoms with van der Waals surface area (Å²) in [5, 5.41) is 10.4. The van der Waals surface area contributed by atoms with Crippen molar-refractivity contribution in [2.45, 2.75) is 26.1 Å². The molecule has 0 aliphatic heterocycles. The van der Waals surface area contributed by atoms with Gasteiger partial charge in [-0.1, -0.05) is 40.2 Å². The van der Waals surface area contributed by atoms with Crippen molar-refractivity contribution in [2.75, 3.05) is 0 Å². The average Bonchev–Trinajstić information content (AvgIpc) is 2.37. The number of hydrogen-bond donors (Lipinski definition) is 1. The molecule has 1 atom stereocenters. The summed E-state index contributed by atoms with van der Waals surface area (Å²) in [6, 6.07) is 15.3. The van der Waals surface area contributed by atoms with Gasteiger partial charge in [-0.25, -0.2) is 0 Å². The minimum Gasteiger partial charge on any atom is -0.491 e. The predicted octanol–water partition coefficient (Wildman–Crippen LogP) is 4.32. The summed E-state index contributed by atoms with van der Waals surface area (Å²) in [5.41, 5.74) is 1.69. The van der Waals surface area contributed by atoms with Crippen LogP contribution in [0.2, 0.25) is 0 Å². The first-order chi connectivity index (χ1) is 9.06. The first-order valence-corrected chi connectivity index (χ1v) is 7.05. The third kappa shape index (κ3) is 3.82. The lowest BCUT2D eigenvalue weighted by atomic mass is 10.0. The molecule has 0 saturated carbocycles. The van der Waals surface area contributed by atoms with Crippen LogP contribution < -0.4 is 4.74 Å². The monoisotopic (exact) mass is 320 g/mol. The van der Waals surface area contributed by atoms with Crippen LogP contribution in [0.4, 0.5) is 0 Å². The molecule has 0 amide bonds. The molecule has 2 nitrogen and oxygen atoms in total. The van der Waals surface area contributed by atoms with Crippen LogP contribution in [0.1, 0.15) is 31.1 Å². The van der Waals surface area contributed by atoms with E-state index in [1.165, 1.54) is 0 Å². The third-order valence-electron chi connectivity index (χ3n) is 2.71. The Morgan fingerprint density at radius 2 is 1.63 bits per heavy atom. The van der Waals surface area contributed by atoms with Crippen LogP contribution >= 0.6 is 15.9 Å². The molecule has 0 bridgehead atoms. The summed E-state index contributed by atoms with van der Waals surface area (Å²) >= 11 is 3.41. The van der Waals surface area contributed by atoms with Gasteiger partial charge in [-0.3, -0.25) is 0 Å². The number of ether oxygens (including phenoxy) is 1. The van der Waals surface area contributed by atoms with Crippen LogP contribution in [-0.4, -0.2) is 11.2 Å². The zero-order valence-corrected chi connectivity index (χ0v) is 12.6. The van der Waals surface area contributed by atoms with Gasteiger partial charge in [0.25, 0.3) is 0 Å². The Morgan fingerprint density at radius 3 is 2.26 bits per heavy atom. The molecule has 0 heterocycles. The van der Waals surface area contributed by atoms with Gasteiger partial charge in [-0.05, 0) is 49.2 Å². The van der Waals surface area contributed by atoms with Crippen LogP contribution in [0, 0.1) is 0 Å². The second kappa shape index (κ2) is 6.22. The molecular weight excluding hydrogens is 304 g/mol. The minimum absolute atomic E-state index is 0.123. The van der Waals surface area contributed by atoms with E-state index < -0.39 is 6.10 Å². The second-order valence-electron chi connectivity index (χ2n) is 4.70. The number of benzene rings is 2. The highest BCUT2D eigenvalue weighted by Gasteiger charge is 2.11. The van der Waals surface area contributed by atoms with E-state index in [4.69, 9.17) is 4.74 Å². The summed E-state index contributed by atoms with van der Waals surface area (Å²) in [4.78, 5) is 0. The molecule has 100 valence electrons. The van der Waals surface area contributed by atoms with Gasteiger partial charge in [-0.2, -0.15) is 0 Å². The lowest BCUT2D eigenvalue weighted by Gasteiger charge is -2.15. The van der Waals surface area contributed by atoms with E-state index >= 15 is 0 Å². The largest absolute Gasteiger partial charge is 0.491 e. The molecule has 0 unspecified atom stereocenters. The van der Waals surface area contributed by atoms with Gasteiger partial charge >= 0.3 is 0 Å². The molecule has 0 aromatic heterocycles. The van der Waals surface area contributed by atoms with Gasteiger partial charge in [0, 0.05) is 4.47 Å². The highest BCUT2D eigenvalue weighted by atomic mass is 79.9. The Kier molecular flexibility index (Phi) is 4.61. The zero-order chi connectivity index (χ0) is 13.8. The quantitative estimate of drug-likeness (QED) is 0.909. The highest BCUT2D eigenvalue weighted by molar-refractivity contribution is 9.10. The van der Waals surface area contributed by atoms with Crippen molar-refractivity contribution in [1.29, 1.82) is 0 Å². The van der Waals surface area contributed by atoms with Crippen molar-refractivity contribution < 1.29 is 9.84 Å². The van der Waals surface area contributed by atoms with Crippen LogP contribution in [-0.2, 0) is 0 Å². The summed E-state index contributed by atoms with van der Waals surface area (Å²) in [7, 11) is 0. The Labute approximate surface area is 122 Å². The molecule has 0 aliphatic carbocycles. The predicted molar refractivity (Wildman–Crippen MR) is 80.4 cm³/mol. The standard InChI is InChI=1S/C16H17BrO2/c1-11(2)19-15-8-4-6-13(10-15)16(18)12-5-3-7-14(17)9-12/h3-11,16,18H,1-2H3/t16-/m0/s1. The Bertz CT molecular complexity index is 552. The highest BCUT2D eigenvalue weighted by Crippen LogP contribution is 2.27. The Balaban J connectivity index is 2.26. The Hall–Kier alpha value is -1.32. The Morgan fingerprint density at radius 1 is 1.00 bits per heavy atom. The maximum absolute atomic E-state index is 10.4. The molecule has 1 N–H and O–H groups in total. The fraction of sp³-hybridized carbons (Fsp3) is 0.250. The minimum atomic E-state index is -0.645. The summed E-state index contributed by atoms with van der Waals surface area (Å²) in [6.45, 7) is 3.97. The molecule has 2 rings (SSSR count). The van der Waals surface area contributed by atoms with Crippen molar-refractivity contribution >= 4 is 15.9 Å². The first-order valence-electron chi connectivity index (χ1n) is 6.26. The summed E-state index contributed by atoms with van der Waals surface area (Å²) in [5.74, 6) is 0.779. The fourth-order valence-electron chi connectivity index (χ4n) is 1.90. The lowest BCUT2D eigenvalue weighted by Crippen LogP contribution is -2.06. The molecule has 19 heavy (non-hydrogen) atoms. The van der Waals surface area contributed by atoms with E-state index in [0.717, 1.165) is 21.3 Å². The number of rotatable bonds is 4. The molecule has 0 radical (unpaired) electrons. The normalized spacial score (nSPS) is 12.5. The number of aliphatic hydroxyl groups is 1. The van der Waals surface area contributed by atoms with E-state index in [9.17, 15) is 5.11 Å². The molecule has 3 heteroatoms. The van der Waals surface area contributed by atoms with Crippen LogP contribution in [0.3, 0.4) is 0 Å². The van der Waals surface area contributed by atoms with Gasteiger partial charge in [0.1, 0.15) is 11.9 Å². The molecular formula is C16H17BrO2. The summed E-state index contributed by atoms with van der Waals surface area (Å²) in [6.07, 6.45) is -0.522. The van der Waals surface area contributed by atoms with Gasteiger partial charge in [-0.15, -0.1) is 0 Å². The molecule has 0 saturated heterocycles. The van der Waals surface area contributed by atoms with Crippen molar-refractivity contribution in [2.24, 2.45) is 0 Å². The molecule has 0 spiro atoms. The molecule has 2 aromatic rings. The van der Waals surface area contributed by atoms with E-state index in [0.29, 0.717) is 0 Å². The van der Waals surface area contributed by atoms with Crippen LogP contribution in [0.5, 0.6) is 5.75 Å². The van der Waals surface area contributed by atoms with Gasteiger partial charge in [0.05, 0.1) is 6.10 Å². The van der Waals surface area contributed by atoms with E-state index in [1.54, 1.807) is 0 Å². The number of halogens is 1. The van der Waals surface area contributed by atoms with E-state index in [2.05, 4.69) is 15.9 Å². The fourth-order valence-corrected chi connectivity index (χ4v) is 2.32. The molecule has 0 aliphatic rings. The van der Waals surface area contributed by atoms with Gasteiger partial charge in [0.2, 0.25) is 0 Å². The average molecular weight is 321 g/mol. The van der Waals surface area contributed by atoms with Crippen molar-refractivity contribution in [3.8, 4) is 5.75 Å². The van der Waals surface area contributed by atoms with Crippen LogP contribution in [0.15, 0.2) is 53.0 Å². The number of hydrogen-bond acceptors (Lipinski definition) is 2. The smallest absolute Gasteiger partial charge is 0.120 e. The lowest BCUT2D eigenvalue weighted by molar-refractivity contribution is 0.216. The van der Waals surface area contributed by atoms with Crippen molar-refractivity contribution in [1.82, 2.24) is 0 Å². The zero-order valence-electron chi connectivity index (χ0n) is 11.0. The van der Waals surface area contributed by atoms with E-state index in [1.807, 2.05) is 62.4 Å². The van der Waals surface area contributed by atoms with E-state index in [-0.39, 0.29) is 6.10 Å². The molecule has 0 fully saturated rings. The number of aliphatic hydroxyl groups excluding tert-OH is 1. The second-order valence-corrected chi connectivity index (χ2v) is 5.61. The SMILES string of the molecule is CC(C)Oc1cccc([C@@H](O)c2cccc(Br)c2)c1. The van der Waals surface area contributed by atoms with Crippen LogP contribution in [0.25, 0.3) is 0 Å². The summed E-state index contributed by atoms with van der Waals surface area (Å²) < 4.78 is 6.60. The van der Waals surface area contributed by atoms with Crippen molar-refractivity contribution in [3.63, 3.8) is 0 Å². The maximum Gasteiger partial charge on any atom is 0.120 e. The van der Waals surface area contributed by atoms with Gasteiger partial charge < -0.3 is 9.84 Å². The van der Waals surface area contributed by atoms with Gasteiger partial charge in [0.15, 0.2) is 0 Å². The molecule has 2 aromatic carbocycles. The topological polar surface area (TPSA) is 29.5 Å². The first kappa shape index (κ1) is 14.1. The maximum atomic E-state index is 10.4. The third-order valence-corrected chi connectivity index (χ3v) is 3.20. The van der Waals surface area contributed by atoms with Crippen molar-refractivity contribution in [3.05, 3.63) is 64.1 Å².